The highest BCUT2D eigenvalue weighted by molar-refractivity contribution is 5.71. The molecule has 0 rings (SSSR count). The average molecular weight is 403 g/mol. The molecule has 0 amide bonds. The minimum Gasteiger partial charge on any atom is -0.481 e. The summed E-state index contributed by atoms with van der Waals surface area (Å²) < 4.78 is 5.38. The van der Waals surface area contributed by atoms with Crippen molar-refractivity contribution in [1.82, 2.24) is 0 Å². The van der Waals surface area contributed by atoms with E-state index >= 15 is 0 Å². The van der Waals surface area contributed by atoms with Crippen LogP contribution in [-0.4, -0.2) is 23.1 Å². The van der Waals surface area contributed by atoms with Crippen molar-refractivity contribution in [3.8, 4) is 0 Å². The van der Waals surface area contributed by atoms with Crippen molar-refractivity contribution >= 4 is 11.9 Å². The number of carboxylic acid groups (broad SMARTS) is 1. The molecular formula is C25H38O4. The van der Waals surface area contributed by atoms with E-state index in [4.69, 9.17) is 9.84 Å². The van der Waals surface area contributed by atoms with Gasteiger partial charge in [-0.1, -0.05) is 74.6 Å². The van der Waals surface area contributed by atoms with Crippen molar-refractivity contribution in [3.05, 3.63) is 60.8 Å². The molecule has 4 heteroatoms. The van der Waals surface area contributed by atoms with E-state index in [-0.39, 0.29) is 24.9 Å². The summed E-state index contributed by atoms with van der Waals surface area (Å²) >= 11 is 0. The van der Waals surface area contributed by atoms with Crippen LogP contribution in [0.3, 0.4) is 0 Å². The van der Waals surface area contributed by atoms with Gasteiger partial charge in [0.15, 0.2) is 0 Å². The summed E-state index contributed by atoms with van der Waals surface area (Å²) in [6, 6.07) is 0. The lowest BCUT2D eigenvalue weighted by molar-refractivity contribution is -0.148. The number of ether oxygens (including phenoxy) is 1. The van der Waals surface area contributed by atoms with Crippen molar-refractivity contribution in [2.24, 2.45) is 0 Å². The van der Waals surface area contributed by atoms with Crippen LogP contribution < -0.4 is 0 Å². The van der Waals surface area contributed by atoms with Gasteiger partial charge in [-0.05, 0) is 51.4 Å². The maximum Gasteiger partial charge on any atom is 0.309 e. The lowest BCUT2D eigenvalue weighted by Crippen LogP contribution is -2.17. The molecule has 0 aromatic carbocycles. The fraction of sp³-hybridized carbons (Fsp3) is 0.520. The second-order valence-electron chi connectivity index (χ2n) is 6.72. The Morgan fingerprint density at radius 2 is 1.28 bits per heavy atom. The van der Waals surface area contributed by atoms with Gasteiger partial charge in [-0.2, -0.15) is 0 Å². The Kier molecular flexibility index (Phi) is 18.7. The van der Waals surface area contributed by atoms with Gasteiger partial charge >= 0.3 is 11.9 Å². The number of carbonyl (C=O) groups is 2. The van der Waals surface area contributed by atoms with Crippen molar-refractivity contribution in [2.75, 3.05) is 0 Å². The molecule has 0 bridgehead atoms. The summed E-state index contributed by atoms with van der Waals surface area (Å²) in [4.78, 5) is 22.3. The monoisotopic (exact) mass is 402 g/mol. The summed E-state index contributed by atoms with van der Waals surface area (Å²) in [6.45, 7) is 4.08. The molecule has 0 aliphatic heterocycles. The molecule has 29 heavy (non-hydrogen) atoms. The van der Waals surface area contributed by atoms with Gasteiger partial charge in [-0.3, -0.25) is 9.59 Å². The third-order valence-corrected chi connectivity index (χ3v) is 4.11. The highest BCUT2D eigenvalue weighted by atomic mass is 16.5. The van der Waals surface area contributed by atoms with E-state index in [0.717, 1.165) is 32.1 Å². The van der Waals surface area contributed by atoms with Gasteiger partial charge in [0.25, 0.3) is 0 Å². The third kappa shape index (κ3) is 20.2. The van der Waals surface area contributed by atoms with E-state index < -0.39 is 5.97 Å². The number of rotatable bonds is 17. The van der Waals surface area contributed by atoms with Crippen LogP contribution in [0.15, 0.2) is 60.8 Å². The predicted octanol–water partition coefficient (Wildman–Crippen LogP) is 6.70. The number of esters is 1. The molecule has 0 spiro atoms. The number of hydrogen-bond donors (Lipinski definition) is 1. The van der Waals surface area contributed by atoms with Gasteiger partial charge in [0.05, 0.1) is 6.42 Å². The zero-order chi connectivity index (χ0) is 21.6. The smallest absolute Gasteiger partial charge is 0.309 e. The van der Waals surface area contributed by atoms with E-state index in [9.17, 15) is 9.59 Å². The topological polar surface area (TPSA) is 63.6 Å². The van der Waals surface area contributed by atoms with Crippen LogP contribution in [0.4, 0.5) is 0 Å². The molecule has 0 fully saturated rings. The molecule has 1 N–H and O–H groups in total. The Balaban J connectivity index is 3.79. The van der Waals surface area contributed by atoms with Crippen LogP contribution in [0.5, 0.6) is 0 Å². The highest BCUT2D eigenvalue weighted by Gasteiger charge is 2.12. The summed E-state index contributed by atoms with van der Waals surface area (Å²) in [5.41, 5.74) is 0. The lowest BCUT2D eigenvalue weighted by Gasteiger charge is -2.15. The van der Waals surface area contributed by atoms with Crippen LogP contribution in [-0.2, 0) is 14.3 Å². The van der Waals surface area contributed by atoms with Gasteiger partial charge in [0, 0.05) is 6.42 Å². The third-order valence-electron chi connectivity index (χ3n) is 4.11. The second-order valence-corrected chi connectivity index (χ2v) is 6.72. The Labute approximate surface area is 176 Å². The first-order chi connectivity index (χ1) is 14.1. The Morgan fingerprint density at radius 3 is 1.72 bits per heavy atom. The van der Waals surface area contributed by atoms with E-state index in [1.165, 1.54) is 0 Å². The summed E-state index contributed by atoms with van der Waals surface area (Å²) in [5, 5.41) is 8.65. The van der Waals surface area contributed by atoms with E-state index in [0.29, 0.717) is 19.3 Å². The second kappa shape index (κ2) is 20.4. The number of carbonyl (C=O) groups excluding carboxylic acids is 1. The molecule has 4 nitrogen and oxygen atoms in total. The van der Waals surface area contributed by atoms with E-state index in [1.807, 2.05) is 19.1 Å². The number of carboxylic acids is 1. The Hall–Kier alpha value is -2.36. The largest absolute Gasteiger partial charge is 0.481 e. The van der Waals surface area contributed by atoms with Gasteiger partial charge in [-0.25, -0.2) is 0 Å². The minimum atomic E-state index is -0.815. The Morgan fingerprint density at radius 1 is 0.793 bits per heavy atom. The first-order valence-electron chi connectivity index (χ1n) is 10.8. The molecule has 0 aliphatic rings. The SMILES string of the molecule is CC/C=C\C/C=C\C/C=C\C/C=C\C/C=C\CC(=O)OC(CC)CCCC(=O)O. The highest BCUT2D eigenvalue weighted by Crippen LogP contribution is 2.10. The minimum absolute atomic E-state index is 0.114. The zero-order valence-electron chi connectivity index (χ0n) is 18.1. The quantitative estimate of drug-likeness (QED) is 0.217. The number of hydrogen-bond acceptors (Lipinski definition) is 3. The fourth-order valence-electron chi connectivity index (χ4n) is 2.49. The van der Waals surface area contributed by atoms with E-state index in [2.05, 4.69) is 55.5 Å². The maximum absolute atomic E-state index is 11.8. The van der Waals surface area contributed by atoms with Crippen molar-refractivity contribution < 1.29 is 19.4 Å². The van der Waals surface area contributed by atoms with Crippen LogP contribution in [0.2, 0.25) is 0 Å². The van der Waals surface area contributed by atoms with Crippen LogP contribution >= 0.6 is 0 Å². The van der Waals surface area contributed by atoms with Crippen LogP contribution in [0.1, 0.15) is 78.1 Å². The number of allylic oxidation sites excluding steroid dienone is 9. The van der Waals surface area contributed by atoms with Gasteiger partial charge < -0.3 is 9.84 Å². The average Bonchev–Trinajstić information content (AvgIpc) is 2.69. The molecule has 0 aliphatic carbocycles. The molecule has 162 valence electrons. The molecule has 1 atom stereocenters. The molecular weight excluding hydrogens is 364 g/mol. The normalized spacial score (nSPS) is 13.4. The maximum atomic E-state index is 11.8. The molecule has 0 heterocycles. The van der Waals surface area contributed by atoms with Crippen molar-refractivity contribution in [1.29, 1.82) is 0 Å². The molecule has 0 saturated heterocycles. The standard InChI is InChI=1S/C25H38O4/c1-3-5-6-7-8-9-10-11-12-13-14-15-16-17-18-22-25(28)29-23(4-2)20-19-21-24(26)27/h5-6,8-9,11-12,14-15,17-18,23H,3-4,7,10,13,16,19-22H2,1-2H3,(H,26,27)/b6-5-,9-8-,12-11-,15-14-,18-17-. The summed E-state index contributed by atoms with van der Waals surface area (Å²) in [7, 11) is 0. The lowest BCUT2D eigenvalue weighted by atomic mass is 10.1. The van der Waals surface area contributed by atoms with Gasteiger partial charge in [0.1, 0.15) is 6.10 Å². The predicted molar refractivity (Wildman–Crippen MR) is 121 cm³/mol. The Bertz CT molecular complexity index is 567. The number of aliphatic carboxylic acids is 1. The molecule has 0 aromatic heterocycles. The van der Waals surface area contributed by atoms with Crippen LogP contribution in [0.25, 0.3) is 0 Å². The summed E-state index contributed by atoms with van der Waals surface area (Å²) in [6.07, 6.45) is 27.8. The van der Waals surface area contributed by atoms with E-state index in [1.54, 1.807) is 0 Å². The fourth-order valence-corrected chi connectivity index (χ4v) is 2.49. The van der Waals surface area contributed by atoms with Crippen molar-refractivity contribution in [3.63, 3.8) is 0 Å². The molecule has 1 unspecified atom stereocenters. The molecule has 0 radical (unpaired) electrons. The zero-order valence-corrected chi connectivity index (χ0v) is 18.1. The first kappa shape index (κ1) is 26.6. The van der Waals surface area contributed by atoms with Gasteiger partial charge in [-0.15, -0.1) is 0 Å². The molecule has 0 aromatic rings. The summed E-state index contributed by atoms with van der Waals surface area (Å²) in [5.74, 6) is -1.07. The van der Waals surface area contributed by atoms with Gasteiger partial charge in [0.2, 0.25) is 0 Å². The molecule has 0 saturated carbocycles. The van der Waals surface area contributed by atoms with Crippen molar-refractivity contribution in [2.45, 2.75) is 84.2 Å². The van der Waals surface area contributed by atoms with Crippen LogP contribution in [0, 0.1) is 0 Å². The first-order valence-corrected chi connectivity index (χ1v) is 10.8.